The van der Waals surface area contributed by atoms with E-state index in [1.54, 1.807) is 31.2 Å². The summed E-state index contributed by atoms with van der Waals surface area (Å²) in [7, 11) is 3.82. The van der Waals surface area contributed by atoms with Crippen molar-refractivity contribution in [2.24, 2.45) is 0 Å². The van der Waals surface area contributed by atoms with Crippen molar-refractivity contribution in [1.29, 1.82) is 10.5 Å². The number of fused-ring (bicyclic) bond motifs is 2. The van der Waals surface area contributed by atoms with Crippen molar-refractivity contribution in [3.63, 3.8) is 0 Å². The number of hydrogen-bond donors (Lipinski definition) is 5. The molecule has 0 atom stereocenters. The molecule has 0 unspecified atom stereocenters. The first kappa shape index (κ1) is 68.6. The number of benzene rings is 2. The number of carbonyl (C=O) groups excluding carboxylic acids is 2. The van der Waals surface area contributed by atoms with E-state index in [0.29, 0.717) is 127 Å². The minimum Gasteiger partial charge on any atom is -0.483 e. The number of carbonyl (C=O) groups is 3. The maximum absolute atomic E-state index is 13.6. The SMILES string of the molecule is C.CCc1nc2ccc(-c3cnc(N4CCN(C(=O)NC5CNC5)CC4)nc3)cn2c1N(C)c1nc(-c2ccc(F)cc2)c(C#N)s1.CCc1nc2ccc(-c3cnc(N4CCN(C(=O)NC5CNC5)CC4)nc3)cn2c1N(C)c1nc(-c2ccc(F)cc2)c(C#N)s1.O=CO.[2H]CC. The summed E-state index contributed by atoms with van der Waals surface area (Å²) in [6, 6.07) is 24.9. The normalized spacial score (nSPS) is 14.5. The minimum absolute atomic E-state index is 0. The number of rotatable bonds is 14. The van der Waals surface area contributed by atoms with Gasteiger partial charge in [0.15, 0.2) is 10.3 Å². The first-order valence-corrected chi connectivity index (χ1v) is 33.2. The Kier molecular flexibility index (Phi) is 22.3. The molecular weight excluding hydrogens is 1290 g/mol. The summed E-state index contributed by atoms with van der Waals surface area (Å²) in [6.07, 6.45) is 12.7. The van der Waals surface area contributed by atoms with Crippen LogP contribution in [-0.2, 0) is 17.6 Å². The Bertz CT molecular complexity index is 4220. The lowest BCUT2D eigenvalue weighted by molar-refractivity contribution is -0.122. The molecule has 4 aliphatic heterocycles. The number of hydrogen-bond acceptors (Lipinski definition) is 21. The number of aromatic nitrogens is 10. The first-order chi connectivity index (χ1) is 47.6. The van der Waals surface area contributed by atoms with Gasteiger partial charge in [-0.1, -0.05) is 57.8 Å². The molecule has 0 bridgehead atoms. The fourth-order valence-corrected chi connectivity index (χ4v) is 13.0. The lowest BCUT2D eigenvalue weighted by Crippen LogP contribution is -2.61. The topological polar surface area (TPSA) is 299 Å². The van der Waals surface area contributed by atoms with Gasteiger partial charge in [-0.05, 0) is 85.6 Å². The number of aryl methyl sites for hydroxylation is 2. The van der Waals surface area contributed by atoms with Crippen LogP contribution >= 0.6 is 22.7 Å². The zero-order chi connectivity index (χ0) is 69.0. The maximum atomic E-state index is 13.6. The van der Waals surface area contributed by atoms with Crippen LogP contribution in [0.4, 0.5) is 52.2 Å². The van der Waals surface area contributed by atoms with E-state index in [-0.39, 0.29) is 49.7 Å². The van der Waals surface area contributed by atoms with Gasteiger partial charge in [-0.3, -0.25) is 13.6 Å². The number of carboxylic acid groups (broad SMARTS) is 1. The third-order valence-corrected chi connectivity index (χ3v) is 18.8. The molecule has 0 spiro atoms. The van der Waals surface area contributed by atoms with E-state index in [9.17, 15) is 28.9 Å². The Morgan fingerprint density at radius 3 is 1.24 bits per heavy atom. The van der Waals surface area contributed by atoms with Crippen LogP contribution in [0.1, 0.15) is 57.6 Å². The number of amides is 4. The van der Waals surface area contributed by atoms with Crippen molar-refractivity contribution >= 4 is 86.3 Å². The Labute approximate surface area is 575 Å². The van der Waals surface area contributed by atoms with Gasteiger partial charge in [-0.2, -0.15) is 10.5 Å². The van der Waals surface area contributed by atoms with Crippen molar-refractivity contribution < 1.29 is 29.6 Å². The van der Waals surface area contributed by atoms with Crippen molar-refractivity contribution in [2.75, 3.05) is 112 Å². The highest BCUT2D eigenvalue weighted by Gasteiger charge is 2.30. The zero-order valence-corrected chi connectivity index (χ0v) is 55.7. The molecule has 12 heterocycles. The standard InChI is InChI=1S/2C32H32FN11OS.C2H6.CH2O2.CH4/c2*1-3-25-29(41(2)32-40-28(26(14-34)46-32)20-4-7-23(33)8-5-20)44-19-21(6-9-27(44)39-25)22-15-36-30(37-16-22)42-10-12-43(13-11-42)31(45)38-24-17-35-18-24;1-2;2-1-3;/h2*4-9,15-16,19,24,35H,3,10-13,17-18H2,1-2H3,(H,38,45);1-2H3;1H,(H,2,3);1H4/i;;1D;;. The second-order valence-corrected chi connectivity index (χ2v) is 24.6. The summed E-state index contributed by atoms with van der Waals surface area (Å²) in [5.41, 5.74) is 9.32. The Balaban J connectivity index is 0.000000197. The van der Waals surface area contributed by atoms with Crippen LogP contribution in [0.15, 0.2) is 110 Å². The summed E-state index contributed by atoms with van der Waals surface area (Å²) >= 11 is 2.56. The lowest BCUT2D eigenvalue weighted by Gasteiger charge is -2.37. The minimum atomic E-state index is -0.342. The quantitative estimate of drug-likeness (QED) is 0.0633. The molecule has 10 aromatic rings. The molecular formula is C68H76F2N22O4S2. The summed E-state index contributed by atoms with van der Waals surface area (Å²) in [6.45, 7) is 14.6. The van der Waals surface area contributed by atoms with E-state index >= 15 is 0 Å². The Hall–Kier alpha value is -10.8. The lowest BCUT2D eigenvalue weighted by atomic mass is 10.1. The molecule has 0 aliphatic carbocycles. The van der Waals surface area contributed by atoms with E-state index in [1.165, 1.54) is 46.9 Å². The van der Waals surface area contributed by atoms with E-state index in [0.717, 1.165) is 82.8 Å². The second kappa shape index (κ2) is 31.8. The molecule has 4 fully saturated rings. The molecule has 2 aromatic carbocycles. The smallest absolute Gasteiger partial charge is 0.317 e. The number of anilines is 6. The molecule has 8 aromatic heterocycles. The molecule has 30 heteroatoms. The van der Waals surface area contributed by atoms with Gasteiger partial charge in [0.05, 0.1) is 23.5 Å². The first-order valence-electron chi connectivity index (χ1n) is 32.2. The average molecular weight is 1370 g/mol. The molecule has 0 saturated carbocycles. The van der Waals surface area contributed by atoms with Crippen molar-refractivity contribution in [2.45, 2.75) is 60.0 Å². The molecule has 98 heavy (non-hydrogen) atoms. The molecule has 26 nitrogen and oxygen atoms in total. The zero-order valence-electron chi connectivity index (χ0n) is 55.0. The highest BCUT2D eigenvalue weighted by atomic mass is 32.1. The fraction of sp³-hybridized carbons (Fsp3) is 0.338. The molecule has 4 aliphatic rings. The van der Waals surface area contributed by atoms with Crippen LogP contribution in [0, 0.1) is 34.3 Å². The number of halogens is 2. The summed E-state index contributed by atoms with van der Waals surface area (Å²) in [5.74, 6) is 2.28. The van der Waals surface area contributed by atoms with E-state index < -0.39 is 0 Å². The van der Waals surface area contributed by atoms with Gasteiger partial charge < -0.3 is 55.8 Å². The van der Waals surface area contributed by atoms with Crippen molar-refractivity contribution in [1.82, 2.24) is 79.7 Å². The van der Waals surface area contributed by atoms with E-state index in [1.807, 2.05) is 104 Å². The summed E-state index contributed by atoms with van der Waals surface area (Å²) < 4.78 is 37.4. The number of piperazine rings is 2. The number of urea groups is 2. The van der Waals surface area contributed by atoms with Gasteiger partial charge in [-0.25, -0.2) is 58.2 Å². The van der Waals surface area contributed by atoms with Crippen molar-refractivity contribution in [3.05, 3.63) is 143 Å². The average Bonchev–Trinajstić information content (AvgIpc) is 1.64. The van der Waals surface area contributed by atoms with Gasteiger partial charge in [0.25, 0.3) is 6.47 Å². The molecule has 5 N–H and O–H groups in total. The number of thiazole rings is 2. The predicted molar refractivity (Wildman–Crippen MR) is 376 cm³/mol. The molecule has 508 valence electrons. The Morgan fingerprint density at radius 1 is 0.602 bits per heavy atom. The fourth-order valence-electron chi connectivity index (χ4n) is 11.3. The van der Waals surface area contributed by atoms with Crippen LogP contribution < -0.4 is 40.9 Å². The van der Waals surface area contributed by atoms with E-state index in [2.05, 4.69) is 77.0 Å². The van der Waals surface area contributed by atoms with Crippen LogP contribution in [0.3, 0.4) is 0 Å². The Morgan fingerprint density at radius 2 is 0.939 bits per heavy atom. The molecule has 0 radical (unpaired) electrons. The highest BCUT2D eigenvalue weighted by Crippen LogP contribution is 2.40. The largest absolute Gasteiger partial charge is 0.483 e. The van der Waals surface area contributed by atoms with Gasteiger partial charge >= 0.3 is 12.1 Å². The monoisotopic (exact) mass is 1370 g/mol. The summed E-state index contributed by atoms with van der Waals surface area (Å²) in [4.78, 5) is 84.1. The van der Waals surface area contributed by atoms with Gasteiger partial charge in [0.2, 0.25) is 11.9 Å². The molecule has 4 amide bonds. The second-order valence-electron chi connectivity index (χ2n) is 22.7. The predicted octanol–water partition coefficient (Wildman–Crippen LogP) is 9.48. The van der Waals surface area contributed by atoms with E-state index in [4.69, 9.17) is 31.2 Å². The van der Waals surface area contributed by atoms with Crippen LogP contribution in [0.25, 0.3) is 56.1 Å². The highest BCUT2D eigenvalue weighted by molar-refractivity contribution is 7.17. The van der Waals surface area contributed by atoms with Crippen LogP contribution in [-0.4, -0.2) is 187 Å². The number of nitrogens with one attached hydrogen (secondary N) is 4. The van der Waals surface area contributed by atoms with Crippen LogP contribution in [0.5, 0.6) is 0 Å². The summed E-state index contributed by atoms with van der Waals surface area (Å²) in [5, 5.41) is 40.3. The third kappa shape index (κ3) is 15.2. The van der Waals surface area contributed by atoms with Crippen LogP contribution in [0.2, 0.25) is 0 Å². The maximum Gasteiger partial charge on any atom is 0.317 e. The van der Waals surface area contributed by atoms with Gasteiger partial charge in [-0.15, -0.1) is 0 Å². The van der Waals surface area contributed by atoms with Crippen molar-refractivity contribution in [3.8, 4) is 56.9 Å². The molecule has 14 rings (SSSR count). The molecule has 4 saturated heterocycles. The number of nitrogens with zero attached hydrogens (tertiary/aromatic N) is 18. The van der Waals surface area contributed by atoms with Gasteiger partial charge in [0.1, 0.15) is 67.8 Å². The van der Waals surface area contributed by atoms with Gasteiger partial charge in [0, 0.05) is 165 Å². The number of nitriles is 2. The number of pyridine rings is 2. The number of imidazole rings is 2. The third-order valence-electron chi connectivity index (χ3n) is 16.7.